The lowest BCUT2D eigenvalue weighted by molar-refractivity contribution is 0.328. The summed E-state index contributed by atoms with van der Waals surface area (Å²) in [7, 11) is 3.83. The highest BCUT2D eigenvalue weighted by atomic mass is 32.1. The molecule has 0 saturated carbocycles. The highest BCUT2D eigenvalue weighted by Crippen LogP contribution is 2.30. The molecule has 90 valence electrons. The Morgan fingerprint density at radius 2 is 2.24 bits per heavy atom. The maximum atomic E-state index is 5.48. The highest BCUT2D eigenvalue weighted by molar-refractivity contribution is 7.09. The first-order valence-electron chi connectivity index (χ1n) is 5.31. The Bertz CT molecular complexity index is 498. The van der Waals surface area contributed by atoms with Gasteiger partial charge in [0.2, 0.25) is 11.8 Å². The second-order valence-corrected chi connectivity index (χ2v) is 4.33. The molecular weight excluding hydrogens is 236 g/mol. The van der Waals surface area contributed by atoms with E-state index in [0.717, 1.165) is 10.6 Å². The average Bonchev–Trinajstić information content (AvgIpc) is 2.79. The van der Waals surface area contributed by atoms with Gasteiger partial charge in [-0.3, -0.25) is 0 Å². The number of anilines is 1. The zero-order valence-electron chi connectivity index (χ0n) is 10.0. The summed E-state index contributed by atoms with van der Waals surface area (Å²) in [5.74, 6) is 1.31. The van der Waals surface area contributed by atoms with Crippen LogP contribution in [-0.2, 0) is 0 Å². The van der Waals surface area contributed by atoms with E-state index in [9.17, 15) is 0 Å². The largest absolute Gasteiger partial charge is 0.477 e. The lowest BCUT2D eigenvalue weighted by Crippen LogP contribution is -2.10. The van der Waals surface area contributed by atoms with Crippen LogP contribution in [0.1, 0.15) is 6.92 Å². The molecule has 0 saturated heterocycles. The molecule has 0 unspecified atom stereocenters. The minimum Gasteiger partial charge on any atom is -0.477 e. The van der Waals surface area contributed by atoms with Gasteiger partial charge < -0.3 is 9.64 Å². The van der Waals surface area contributed by atoms with Gasteiger partial charge in [0, 0.05) is 20.3 Å². The molecule has 2 aromatic rings. The van der Waals surface area contributed by atoms with E-state index < -0.39 is 0 Å². The summed E-state index contributed by atoms with van der Waals surface area (Å²) in [5.41, 5.74) is 0.889. The Balaban J connectivity index is 2.38. The summed E-state index contributed by atoms with van der Waals surface area (Å²) >= 11 is 1.35. The lowest BCUT2D eigenvalue weighted by Gasteiger charge is -2.06. The van der Waals surface area contributed by atoms with Crippen molar-refractivity contribution in [3.05, 3.63) is 18.3 Å². The fourth-order valence-corrected chi connectivity index (χ4v) is 2.06. The van der Waals surface area contributed by atoms with E-state index in [1.54, 1.807) is 6.20 Å². The van der Waals surface area contributed by atoms with Crippen molar-refractivity contribution in [3.8, 4) is 16.5 Å². The Kier molecular flexibility index (Phi) is 3.53. The van der Waals surface area contributed by atoms with Crippen LogP contribution in [0.25, 0.3) is 10.6 Å². The van der Waals surface area contributed by atoms with Gasteiger partial charge in [-0.25, -0.2) is 4.98 Å². The molecule has 2 heterocycles. The van der Waals surface area contributed by atoms with Gasteiger partial charge in [-0.05, 0) is 30.6 Å². The summed E-state index contributed by atoms with van der Waals surface area (Å²) < 4.78 is 9.74. The van der Waals surface area contributed by atoms with E-state index in [4.69, 9.17) is 4.74 Å². The van der Waals surface area contributed by atoms with Crippen molar-refractivity contribution in [2.45, 2.75) is 6.92 Å². The molecule has 17 heavy (non-hydrogen) atoms. The molecule has 0 bridgehead atoms. The first-order chi connectivity index (χ1) is 8.22. The first kappa shape index (κ1) is 11.8. The van der Waals surface area contributed by atoms with Crippen molar-refractivity contribution in [2.75, 3.05) is 25.6 Å². The molecule has 0 radical (unpaired) electrons. The second kappa shape index (κ2) is 5.09. The van der Waals surface area contributed by atoms with Crippen LogP contribution >= 0.6 is 11.5 Å². The molecule has 2 aromatic heterocycles. The van der Waals surface area contributed by atoms with Crippen LogP contribution < -0.4 is 9.64 Å². The van der Waals surface area contributed by atoms with Crippen molar-refractivity contribution in [1.29, 1.82) is 0 Å². The first-order valence-corrected chi connectivity index (χ1v) is 6.09. The van der Waals surface area contributed by atoms with E-state index in [2.05, 4.69) is 14.3 Å². The van der Waals surface area contributed by atoms with Crippen LogP contribution in [-0.4, -0.2) is 35.0 Å². The van der Waals surface area contributed by atoms with Crippen LogP contribution in [0.5, 0.6) is 5.88 Å². The summed E-state index contributed by atoms with van der Waals surface area (Å²) in [6.07, 6.45) is 1.71. The number of hydrogen-bond donors (Lipinski definition) is 0. The van der Waals surface area contributed by atoms with Gasteiger partial charge in [-0.2, -0.15) is 9.36 Å². The van der Waals surface area contributed by atoms with Crippen molar-refractivity contribution >= 4 is 17.5 Å². The van der Waals surface area contributed by atoms with Gasteiger partial charge in [0.25, 0.3) is 0 Å². The van der Waals surface area contributed by atoms with E-state index >= 15 is 0 Å². The molecule has 0 aliphatic heterocycles. The average molecular weight is 250 g/mol. The summed E-state index contributed by atoms with van der Waals surface area (Å²) in [6, 6.07) is 3.81. The molecule has 0 atom stereocenters. The van der Waals surface area contributed by atoms with Crippen LogP contribution in [0, 0.1) is 0 Å². The normalized spacial score (nSPS) is 10.3. The van der Waals surface area contributed by atoms with Crippen molar-refractivity contribution in [1.82, 2.24) is 14.3 Å². The summed E-state index contributed by atoms with van der Waals surface area (Å²) in [6.45, 7) is 2.52. The topological polar surface area (TPSA) is 51.1 Å². The molecule has 0 aliphatic carbocycles. The van der Waals surface area contributed by atoms with E-state index in [0.29, 0.717) is 18.4 Å². The fourth-order valence-electron chi connectivity index (χ4n) is 1.31. The van der Waals surface area contributed by atoms with E-state index in [1.165, 1.54) is 11.5 Å². The standard InChI is InChI=1S/C11H14N4OS/c1-4-16-9-8(6-5-7-12-9)10-13-11(14-17-10)15(2)3/h5-7H,4H2,1-3H3. The number of nitrogens with zero attached hydrogens (tertiary/aromatic N) is 4. The van der Waals surface area contributed by atoms with Gasteiger partial charge >= 0.3 is 0 Å². The van der Waals surface area contributed by atoms with Crippen LogP contribution in [0.2, 0.25) is 0 Å². The Hall–Kier alpha value is -1.69. The smallest absolute Gasteiger partial charge is 0.237 e. The molecule has 0 N–H and O–H groups in total. The van der Waals surface area contributed by atoms with Gasteiger partial charge in [-0.15, -0.1) is 0 Å². The predicted octanol–water partition coefficient (Wildman–Crippen LogP) is 2.06. The minimum atomic E-state index is 0.587. The number of aromatic nitrogens is 3. The molecule has 0 amide bonds. The van der Waals surface area contributed by atoms with Gasteiger partial charge in [-0.1, -0.05) is 0 Å². The molecule has 0 aliphatic rings. The van der Waals surface area contributed by atoms with E-state index in [1.807, 2.05) is 38.1 Å². The SMILES string of the molecule is CCOc1ncccc1-c1nc(N(C)C)ns1. The second-order valence-electron chi connectivity index (χ2n) is 3.58. The summed E-state index contributed by atoms with van der Waals surface area (Å²) in [4.78, 5) is 10.5. The number of rotatable bonds is 4. The maximum Gasteiger partial charge on any atom is 0.237 e. The molecule has 0 fully saturated rings. The number of pyridine rings is 1. The van der Waals surface area contributed by atoms with Crippen molar-refractivity contribution in [2.24, 2.45) is 0 Å². The van der Waals surface area contributed by atoms with Gasteiger partial charge in [0.15, 0.2) is 5.01 Å². The Morgan fingerprint density at radius 1 is 1.41 bits per heavy atom. The fraction of sp³-hybridized carbons (Fsp3) is 0.364. The third-order valence-electron chi connectivity index (χ3n) is 2.10. The van der Waals surface area contributed by atoms with Crippen LogP contribution in [0.4, 0.5) is 5.95 Å². The third-order valence-corrected chi connectivity index (χ3v) is 2.84. The molecule has 2 rings (SSSR count). The molecule has 0 spiro atoms. The monoisotopic (exact) mass is 250 g/mol. The molecule has 5 nitrogen and oxygen atoms in total. The van der Waals surface area contributed by atoms with E-state index in [-0.39, 0.29) is 0 Å². The summed E-state index contributed by atoms with van der Waals surface area (Å²) in [5, 5.41) is 0.824. The zero-order chi connectivity index (χ0) is 12.3. The maximum absolute atomic E-state index is 5.48. The quantitative estimate of drug-likeness (QED) is 0.831. The Labute approximate surface area is 104 Å². The minimum absolute atomic E-state index is 0.587. The Morgan fingerprint density at radius 3 is 2.88 bits per heavy atom. The molecular formula is C11H14N4OS. The van der Waals surface area contributed by atoms with Gasteiger partial charge in [0.05, 0.1) is 12.2 Å². The van der Waals surface area contributed by atoms with Crippen molar-refractivity contribution in [3.63, 3.8) is 0 Å². The van der Waals surface area contributed by atoms with Crippen molar-refractivity contribution < 1.29 is 4.74 Å². The van der Waals surface area contributed by atoms with Gasteiger partial charge in [0.1, 0.15) is 0 Å². The number of ether oxygens (including phenoxy) is 1. The highest BCUT2D eigenvalue weighted by Gasteiger charge is 2.13. The van der Waals surface area contributed by atoms with Crippen LogP contribution in [0.3, 0.4) is 0 Å². The third kappa shape index (κ3) is 2.52. The van der Waals surface area contributed by atoms with Crippen LogP contribution in [0.15, 0.2) is 18.3 Å². The zero-order valence-corrected chi connectivity index (χ0v) is 10.9. The molecule has 0 aromatic carbocycles. The number of hydrogen-bond acceptors (Lipinski definition) is 6. The lowest BCUT2D eigenvalue weighted by atomic mass is 10.3. The predicted molar refractivity (Wildman–Crippen MR) is 68.6 cm³/mol. The molecule has 6 heteroatoms.